The van der Waals surface area contributed by atoms with Crippen molar-refractivity contribution >= 4 is 45.2 Å². The first-order valence-corrected chi connectivity index (χ1v) is 9.67. The fourth-order valence-electron chi connectivity index (χ4n) is 2.63. The average Bonchev–Trinajstić information content (AvgIpc) is 2.99. The topological polar surface area (TPSA) is 107 Å². The molecule has 1 aromatic carbocycles. The number of carbonyl (C=O) groups is 3. The molecule has 9 heteroatoms. The van der Waals surface area contributed by atoms with Crippen LogP contribution in [-0.2, 0) is 14.3 Å². The lowest BCUT2D eigenvalue weighted by atomic mass is 10.1. The first-order valence-electron chi connectivity index (χ1n) is 8.85. The molecule has 0 fully saturated rings. The second-order valence-electron chi connectivity index (χ2n) is 6.09. The van der Waals surface area contributed by atoms with Crippen molar-refractivity contribution in [2.45, 2.75) is 20.8 Å². The van der Waals surface area contributed by atoms with Crippen LogP contribution in [0.15, 0.2) is 30.6 Å². The number of hydrogen-bond donors (Lipinski definition) is 1. The Morgan fingerprint density at radius 2 is 1.76 bits per heavy atom. The molecule has 2 aromatic heterocycles. The summed E-state index contributed by atoms with van der Waals surface area (Å²) in [7, 11) is 0. The lowest BCUT2D eigenvalue weighted by Gasteiger charge is -2.08. The van der Waals surface area contributed by atoms with Gasteiger partial charge >= 0.3 is 11.9 Å². The van der Waals surface area contributed by atoms with Gasteiger partial charge in [-0.2, -0.15) is 0 Å². The number of fused-ring (bicyclic) bond motifs is 1. The molecule has 0 bridgehead atoms. The van der Waals surface area contributed by atoms with Gasteiger partial charge in [0.1, 0.15) is 5.00 Å². The molecule has 1 amide bonds. The number of ether oxygens (including phenoxy) is 2. The Bertz CT molecular complexity index is 1090. The van der Waals surface area contributed by atoms with E-state index in [1.165, 1.54) is 17.5 Å². The fourth-order valence-corrected chi connectivity index (χ4v) is 3.70. The van der Waals surface area contributed by atoms with Crippen molar-refractivity contribution in [3.05, 3.63) is 52.2 Å². The van der Waals surface area contributed by atoms with Crippen LogP contribution in [-0.4, -0.2) is 41.0 Å². The molecule has 0 saturated carbocycles. The van der Waals surface area contributed by atoms with Crippen molar-refractivity contribution in [3.63, 3.8) is 0 Å². The van der Waals surface area contributed by atoms with Crippen LogP contribution in [0.1, 0.15) is 38.1 Å². The largest absolute Gasteiger partial charge is 0.462 e. The van der Waals surface area contributed by atoms with E-state index in [1.807, 2.05) is 6.92 Å². The zero-order chi connectivity index (χ0) is 21.0. The number of nitrogens with one attached hydrogen (secondary N) is 1. The SMILES string of the molecule is CCOC(=O)c1c(NC(=O)COC(=O)c2ccc3nccnc3c2)sc(C)c1C. The second-order valence-corrected chi connectivity index (χ2v) is 7.32. The van der Waals surface area contributed by atoms with Gasteiger partial charge in [-0.05, 0) is 44.5 Å². The zero-order valence-corrected chi connectivity index (χ0v) is 17.0. The molecule has 0 atom stereocenters. The Morgan fingerprint density at radius 1 is 1.03 bits per heavy atom. The first-order chi connectivity index (χ1) is 13.9. The van der Waals surface area contributed by atoms with E-state index in [0.29, 0.717) is 21.6 Å². The highest BCUT2D eigenvalue weighted by molar-refractivity contribution is 7.16. The molecule has 0 aliphatic rings. The van der Waals surface area contributed by atoms with Gasteiger partial charge < -0.3 is 14.8 Å². The first kappa shape index (κ1) is 20.4. The lowest BCUT2D eigenvalue weighted by Crippen LogP contribution is -2.21. The fraction of sp³-hybridized carbons (Fsp3) is 0.250. The molecule has 0 aliphatic carbocycles. The number of benzene rings is 1. The molecule has 0 unspecified atom stereocenters. The Hall–Kier alpha value is -3.33. The third-order valence-corrected chi connectivity index (χ3v) is 5.28. The Labute approximate surface area is 170 Å². The quantitative estimate of drug-likeness (QED) is 0.618. The molecule has 29 heavy (non-hydrogen) atoms. The van der Waals surface area contributed by atoms with Crippen molar-refractivity contribution in [2.24, 2.45) is 0 Å². The van der Waals surface area contributed by atoms with Gasteiger partial charge in [-0.3, -0.25) is 14.8 Å². The Balaban J connectivity index is 1.66. The van der Waals surface area contributed by atoms with Crippen molar-refractivity contribution < 1.29 is 23.9 Å². The smallest absolute Gasteiger partial charge is 0.341 e. The number of anilines is 1. The van der Waals surface area contributed by atoms with Gasteiger partial charge in [0.05, 0.1) is 28.8 Å². The van der Waals surface area contributed by atoms with Gasteiger partial charge in [-0.15, -0.1) is 11.3 Å². The van der Waals surface area contributed by atoms with E-state index in [1.54, 1.807) is 38.2 Å². The third-order valence-electron chi connectivity index (χ3n) is 4.16. The van der Waals surface area contributed by atoms with Crippen LogP contribution in [0.4, 0.5) is 5.00 Å². The molecule has 2 heterocycles. The summed E-state index contributed by atoms with van der Waals surface area (Å²) in [6.45, 7) is 5.09. The van der Waals surface area contributed by atoms with Crippen LogP contribution in [0.3, 0.4) is 0 Å². The summed E-state index contributed by atoms with van der Waals surface area (Å²) in [5.41, 5.74) is 2.53. The number of hydrogen-bond acceptors (Lipinski definition) is 8. The van der Waals surface area contributed by atoms with Crippen molar-refractivity contribution in [2.75, 3.05) is 18.5 Å². The summed E-state index contributed by atoms with van der Waals surface area (Å²) >= 11 is 1.27. The monoisotopic (exact) mass is 413 g/mol. The number of thiophene rings is 1. The number of carbonyl (C=O) groups excluding carboxylic acids is 3. The maximum Gasteiger partial charge on any atom is 0.341 e. The van der Waals surface area contributed by atoms with E-state index in [0.717, 1.165) is 10.4 Å². The van der Waals surface area contributed by atoms with Crippen LogP contribution in [0, 0.1) is 13.8 Å². The molecular formula is C20H19N3O5S. The van der Waals surface area contributed by atoms with E-state index in [-0.39, 0.29) is 12.2 Å². The number of rotatable bonds is 6. The highest BCUT2D eigenvalue weighted by Crippen LogP contribution is 2.33. The van der Waals surface area contributed by atoms with E-state index < -0.39 is 24.5 Å². The van der Waals surface area contributed by atoms with E-state index >= 15 is 0 Å². The van der Waals surface area contributed by atoms with E-state index in [2.05, 4.69) is 15.3 Å². The minimum Gasteiger partial charge on any atom is -0.462 e. The number of nitrogens with zero attached hydrogens (tertiary/aromatic N) is 2. The Kier molecular flexibility index (Phi) is 6.18. The van der Waals surface area contributed by atoms with Crippen LogP contribution in [0.5, 0.6) is 0 Å². The lowest BCUT2D eigenvalue weighted by molar-refractivity contribution is -0.119. The van der Waals surface area contributed by atoms with Gasteiger partial charge in [0.2, 0.25) is 0 Å². The van der Waals surface area contributed by atoms with Crippen LogP contribution in [0.25, 0.3) is 11.0 Å². The molecule has 0 spiro atoms. The zero-order valence-electron chi connectivity index (χ0n) is 16.1. The molecule has 0 aliphatic heterocycles. The molecule has 0 saturated heterocycles. The van der Waals surface area contributed by atoms with Crippen molar-refractivity contribution in [1.29, 1.82) is 0 Å². The minimum atomic E-state index is -0.656. The van der Waals surface area contributed by atoms with Crippen LogP contribution >= 0.6 is 11.3 Å². The third kappa shape index (κ3) is 4.57. The van der Waals surface area contributed by atoms with Gasteiger partial charge in [0.25, 0.3) is 5.91 Å². The molecule has 0 radical (unpaired) electrons. The number of amides is 1. The van der Waals surface area contributed by atoms with E-state index in [9.17, 15) is 14.4 Å². The maximum absolute atomic E-state index is 12.3. The number of aryl methyl sites for hydroxylation is 1. The summed E-state index contributed by atoms with van der Waals surface area (Å²) in [4.78, 5) is 45.8. The molecular weight excluding hydrogens is 394 g/mol. The second kappa shape index (κ2) is 8.78. The summed E-state index contributed by atoms with van der Waals surface area (Å²) in [6.07, 6.45) is 3.08. The van der Waals surface area contributed by atoms with E-state index in [4.69, 9.17) is 9.47 Å². The predicted octanol–water partition coefficient (Wildman–Crippen LogP) is 3.28. The Morgan fingerprint density at radius 3 is 2.48 bits per heavy atom. The average molecular weight is 413 g/mol. The molecule has 3 rings (SSSR count). The summed E-state index contributed by atoms with van der Waals surface area (Å²) < 4.78 is 10.1. The highest BCUT2D eigenvalue weighted by Gasteiger charge is 2.22. The van der Waals surface area contributed by atoms with Gasteiger partial charge in [-0.1, -0.05) is 0 Å². The normalized spacial score (nSPS) is 10.6. The summed E-state index contributed by atoms with van der Waals surface area (Å²) in [5, 5.41) is 3.00. The van der Waals surface area contributed by atoms with Gasteiger partial charge in [0.15, 0.2) is 6.61 Å². The molecule has 8 nitrogen and oxygen atoms in total. The minimum absolute atomic E-state index is 0.230. The number of aromatic nitrogens is 2. The predicted molar refractivity (Wildman–Crippen MR) is 108 cm³/mol. The maximum atomic E-state index is 12.3. The molecule has 150 valence electrons. The summed E-state index contributed by atoms with van der Waals surface area (Å²) in [5.74, 6) is -1.71. The van der Waals surface area contributed by atoms with Crippen LogP contribution < -0.4 is 5.32 Å². The number of esters is 2. The van der Waals surface area contributed by atoms with Crippen molar-refractivity contribution in [3.8, 4) is 0 Å². The highest BCUT2D eigenvalue weighted by atomic mass is 32.1. The molecule has 1 N–H and O–H groups in total. The van der Waals surface area contributed by atoms with Gasteiger partial charge in [-0.25, -0.2) is 9.59 Å². The molecule has 3 aromatic rings. The van der Waals surface area contributed by atoms with Crippen LogP contribution in [0.2, 0.25) is 0 Å². The van der Waals surface area contributed by atoms with Crippen molar-refractivity contribution in [1.82, 2.24) is 9.97 Å². The van der Waals surface area contributed by atoms with Gasteiger partial charge in [0, 0.05) is 17.3 Å². The summed E-state index contributed by atoms with van der Waals surface area (Å²) in [6, 6.07) is 4.76. The standard InChI is InChI=1S/C20H19N3O5S/c1-4-27-20(26)17-11(2)12(3)29-18(17)23-16(24)10-28-19(25)13-5-6-14-15(9-13)22-8-7-21-14/h5-9H,4,10H2,1-3H3,(H,23,24).